The Labute approximate surface area is 141 Å². The van der Waals surface area contributed by atoms with Crippen LogP contribution in [0.25, 0.3) is 0 Å². The number of anilines is 2. The second kappa shape index (κ2) is 7.35. The summed E-state index contributed by atoms with van der Waals surface area (Å²) in [5.74, 6) is 0. The van der Waals surface area contributed by atoms with Gasteiger partial charge in [-0.1, -0.05) is 18.2 Å². The van der Waals surface area contributed by atoms with Gasteiger partial charge in [-0.3, -0.25) is 9.40 Å². The van der Waals surface area contributed by atoms with Crippen LogP contribution in [0, 0.1) is 0 Å². The van der Waals surface area contributed by atoms with Crippen molar-refractivity contribution in [1.29, 1.82) is 0 Å². The molecule has 2 amide bonds. The lowest BCUT2D eigenvalue weighted by Crippen LogP contribution is -2.31. The minimum Gasteiger partial charge on any atom is -0.331 e. The molecule has 0 aliphatic carbocycles. The summed E-state index contributed by atoms with van der Waals surface area (Å²) in [4.78, 5) is 12.1. The van der Waals surface area contributed by atoms with Gasteiger partial charge in [-0.2, -0.15) is 5.10 Å². The lowest BCUT2D eigenvalue weighted by Gasteiger charge is -2.18. The summed E-state index contributed by atoms with van der Waals surface area (Å²) in [5, 5.41) is 9.55. The Morgan fingerprint density at radius 3 is 2.67 bits per heavy atom. The van der Waals surface area contributed by atoms with Crippen LogP contribution in [0.2, 0.25) is 0 Å². The van der Waals surface area contributed by atoms with E-state index in [0.29, 0.717) is 23.5 Å². The molecule has 0 bridgehead atoms. The van der Waals surface area contributed by atoms with Crippen molar-refractivity contribution in [2.24, 2.45) is 0 Å². The van der Waals surface area contributed by atoms with Crippen LogP contribution in [0.1, 0.15) is 25.5 Å². The third-order valence-electron chi connectivity index (χ3n) is 3.29. The van der Waals surface area contributed by atoms with Crippen LogP contribution in [-0.4, -0.2) is 30.5 Å². The number of aryl methyl sites for hydroxylation is 1. The number of sulfonamides is 1. The molecule has 0 aliphatic rings. The Morgan fingerprint density at radius 2 is 2.04 bits per heavy atom. The standard InChI is InChI=1S/C15H21N5O3S/c1-4-20-10-12(9-16-20)18-15(21)17-11(2)13-7-5-6-8-14(13)19-24(3,22)23/h5-11,19H,4H2,1-3H3,(H2,17,18,21). The molecule has 1 aromatic heterocycles. The summed E-state index contributed by atoms with van der Waals surface area (Å²) >= 11 is 0. The number of urea groups is 1. The molecular weight excluding hydrogens is 330 g/mol. The van der Waals surface area contributed by atoms with Crippen molar-refractivity contribution in [3.8, 4) is 0 Å². The van der Waals surface area contributed by atoms with Crippen molar-refractivity contribution >= 4 is 27.4 Å². The van der Waals surface area contributed by atoms with E-state index < -0.39 is 22.1 Å². The van der Waals surface area contributed by atoms with Crippen LogP contribution >= 0.6 is 0 Å². The highest BCUT2D eigenvalue weighted by molar-refractivity contribution is 7.92. The molecule has 0 fully saturated rings. The van der Waals surface area contributed by atoms with Crippen LogP contribution in [0.4, 0.5) is 16.2 Å². The average Bonchev–Trinajstić information content (AvgIpc) is 2.93. The van der Waals surface area contributed by atoms with Crippen LogP contribution in [-0.2, 0) is 16.6 Å². The van der Waals surface area contributed by atoms with Gasteiger partial charge in [0.1, 0.15) is 0 Å². The van der Waals surface area contributed by atoms with Crippen LogP contribution in [0.5, 0.6) is 0 Å². The zero-order chi connectivity index (χ0) is 17.7. The number of carbonyl (C=O) groups excluding carboxylic acids is 1. The Hall–Kier alpha value is -2.55. The van der Waals surface area contributed by atoms with Crippen molar-refractivity contribution in [1.82, 2.24) is 15.1 Å². The third-order valence-corrected chi connectivity index (χ3v) is 3.88. The van der Waals surface area contributed by atoms with Crippen molar-refractivity contribution < 1.29 is 13.2 Å². The number of para-hydroxylation sites is 1. The van der Waals surface area contributed by atoms with Gasteiger partial charge in [0, 0.05) is 12.7 Å². The number of carbonyl (C=O) groups is 1. The molecule has 0 saturated carbocycles. The average molecular weight is 351 g/mol. The number of hydrogen-bond donors (Lipinski definition) is 3. The van der Waals surface area contributed by atoms with Crippen molar-refractivity contribution in [3.05, 3.63) is 42.2 Å². The predicted octanol–water partition coefficient (Wildman–Crippen LogP) is 2.16. The zero-order valence-corrected chi connectivity index (χ0v) is 14.6. The van der Waals surface area contributed by atoms with Gasteiger partial charge in [0.05, 0.1) is 29.9 Å². The lowest BCUT2D eigenvalue weighted by molar-refractivity contribution is 0.249. The zero-order valence-electron chi connectivity index (χ0n) is 13.8. The lowest BCUT2D eigenvalue weighted by atomic mass is 10.1. The molecule has 0 spiro atoms. The Kier molecular flexibility index (Phi) is 5.45. The maximum Gasteiger partial charge on any atom is 0.319 e. The van der Waals surface area contributed by atoms with E-state index >= 15 is 0 Å². The molecule has 8 nitrogen and oxygen atoms in total. The van der Waals surface area contributed by atoms with Gasteiger partial charge in [-0.05, 0) is 25.5 Å². The van der Waals surface area contributed by atoms with Gasteiger partial charge in [0.2, 0.25) is 10.0 Å². The van der Waals surface area contributed by atoms with E-state index in [2.05, 4.69) is 20.5 Å². The first kappa shape index (κ1) is 17.8. The Balaban J connectivity index is 2.06. The molecule has 0 aliphatic heterocycles. The summed E-state index contributed by atoms with van der Waals surface area (Å²) in [6, 6.07) is 6.13. The monoisotopic (exact) mass is 351 g/mol. The second-order valence-corrected chi connectivity index (χ2v) is 7.11. The molecule has 3 N–H and O–H groups in total. The molecule has 9 heteroatoms. The summed E-state index contributed by atoms with van der Waals surface area (Å²) in [5.41, 5.74) is 1.69. The number of benzene rings is 1. The number of nitrogens with one attached hydrogen (secondary N) is 3. The summed E-state index contributed by atoms with van der Waals surface area (Å²) < 4.78 is 27.0. The maximum absolute atomic E-state index is 12.1. The summed E-state index contributed by atoms with van der Waals surface area (Å²) in [7, 11) is -3.40. The van der Waals surface area contributed by atoms with E-state index in [1.807, 2.05) is 6.92 Å². The topological polar surface area (TPSA) is 105 Å². The van der Waals surface area contributed by atoms with Gasteiger partial charge in [0.15, 0.2) is 0 Å². The number of amides is 2. The van der Waals surface area contributed by atoms with Crippen LogP contribution in [0.3, 0.4) is 0 Å². The summed E-state index contributed by atoms with van der Waals surface area (Å²) in [6.07, 6.45) is 4.37. The van der Waals surface area contributed by atoms with E-state index in [1.54, 1.807) is 48.3 Å². The first-order valence-electron chi connectivity index (χ1n) is 7.45. The highest BCUT2D eigenvalue weighted by atomic mass is 32.2. The highest BCUT2D eigenvalue weighted by Gasteiger charge is 2.15. The van der Waals surface area contributed by atoms with Gasteiger partial charge in [0.25, 0.3) is 0 Å². The van der Waals surface area contributed by atoms with Crippen molar-refractivity contribution in [2.75, 3.05) is 16.3 Å². The van der Waals surface area contributed by atoms with Crippen molar-refractivity contribution in [2.45, 2.75) is 26.4 Å². The minimum atomic E-state index is -3.40. The van der Waals surface area contributed by atoms with E-state index in [4.69, 9.17) is 0 Å². The van der Waals surface area contributed by atoms with Gasteiger partial charge >= 0.3 is 6.03 Å². The van der Waals surface area contributed by atoms with E-state index in [-0.39, 0.29) is 0 Å². The van der Waals surface area contributed by atoms with E-state index in [1.165, 1.54) is 0 Å². The molecule has 1 atom stereocenters. The Morgan fingerprint density at radius 1 is 1.33 bits per heavy atom. The molecule has 0 saturated heterocycles. The highest BCUT2D eigenvalue weighted by Crippen LogP contribution is 2.23. The molecular formula is C15H21N5O3S. The van der Waals surface area contributed by atoms with E-state index in [0.717, 1.165) is 6.26 Å². The normalized spacial score (nSPS) is 12.5. The number of rotatable bonds is 6. The second-order valence-electron chi connectivity index (χ2n) is 5.37. The first-order chi connectivity index (χ1) is 11.3. The third kappa shape index (κ3) is 4.98. The van der Waals surface area contributed by atoms with Crippen LogP contribution in [0.15, 0.2) is 36.7 Å². The predicted molar refractivity (Wildman–Crippen MR) is 93.4 cm³/mol. The summed E-state index contributed by atoms with van der Waals surface area (Å²) in [6.45, 7) is 4.44. The van der Waals surface area contributed by atoms with Crippen LogP contribution < -0.4 is 15.4 Å². The molecule has 0 radical (unpaired) electrons. The largest absolute Gasteiger partial charge is 0.331 e. The smallest absolute Gasteiger partial charge is 0.319 e. The quantitative estimate of drug-likeness (QED) is 0.741. The minimum absolute atomic E-state index is 0.392. The molecule has 1 aromatic carbocycles. The van der Waals surface area contributed by atoms with Gasteiger partial charge in [-0.15, -0.1) is 0 Å². The molecule has 24 heavy (non-hydrogen) atoms. The fourth-order valence-electron chi connectivity index (χ4n) is 2.21. The SMILES string of the molecule is CCn1cc(NC(=O)NC(C)c2ccccc2NS(C)(=O)=O)cn1. The molecule has 130 valence electrons. The number of aromatic nitrogens is 2. The van der Waals surface area contributed by atoms with Gasteiger partial charge < -0.3 is 10.6 Å². The van der Waals surface area contributed by atoms with E-state index in [9.17, 15) is 13.2 Å². The first-order valence-corrected chi connectivity index (χ1v) is 9.34. The molecule has 1 heterocycles. The fraction of sp³-hybridized carbons (Fsp3) is 0.333. The van der Waals surface area contributed by atoms with Gasteiger partial charge in [-0.25, -0.2) is 13.2 Å². The molecule has 2 rings (SSSR count). The van der Waals surface area contributed by atoms with Crippen molar-refractivity contribution in [3.63, 3.8) is 0 Å². The fourth-order valence-corrected chi connectivity index (χ4v) is 2.80. The molecule has 2 aromatic rings. The maximum atomic E-state index is 12.1. The Bertz CT molecular complexity index is 816. The number of nitrogens with zero attached hydrogens (tertiary/aromatic N) is 2. The molecule has 1 unspecified atom stereocenters. The number of hydrogen-bond acceptors (Lipinski definition) is 4.